The van der Waals surface area contributed by atoms with Gasteiger partial charge in [0, 0.05) is 6.42 Å². The van der Waals surface area contributed by atoms with Gasteiger partial charge in [-0.15, -0.1) is 0 Å². The molecule has 0 spiro atoms. The number of benzene rings is 1. The quantitative estimate of drug-likeness (QED) is 0.482. The van der Waals surface area contributed by atoms with E-state index in [1.807, 2.05) is 0 Å². The van der Waals surface area contributed by atoms with Crippen molar-refractivity contribution in [3.05, 3.63) is 23.3 Å². The summed E-state index contributed by atoms with van der Waals surface area (Å²) in [6.45, 7) is 6.85. The number of hydrogen-bond donors (Lipinski definition) is 1. The summed E-state index contributed by atoms with van der Waals surface area (Å²) in [5.41, 5.74) is 1.99. The third-order valence-corrected chi connectivity index (χ3v) is 6.52. The largest absolute Gasteiger partial charge is 0.496 e. The standard InChI is InChI=1S/C23H36O4/c1-6-7-8-9-11-22(2,3)16-13-18(25-4)21(19(14-16)26-5)23-12-10-17(24)15-20(23)27-23/h13-14,17,20,24H,6-12,15H2,1-5H3. The smallest absolute Gasteiger partial charge is 0.129 e. The van der Waals surface area contributed by atoms with Crippen LogP contribution in [0.3, 0.4) is 0 Å². The van der Waals surface area contributed by atoms with Crippen LogP contribution < -0.4 is 9.47 Å². The lowest BCUT2D eigenvalue weighted by molar-refractivity contribution is 0.129. The molecular formula is C23H36O4. The van der Waals surface area contributed by atoms with Crippen LogP contribution in [0, 0.1) is 0 Å². The molecule has 1 saturated carbocycles. The number of aliphatic hydroxyl groups is 1. The van der Waals surface area contributed by atoms with E-state index >= 15 is 0 Å². The van der Waals surface area contributed by atoms with Gasteiger partial charge in [-0.3, -0.25) is 0 Å². The van der Waals surface area contributed by atoms with Crippen molar-refractivity contribution in [1.29, 1.82) is 0 Å². The second-order valence-electron chi connectivity index (χ2n) is 8.87. The van der Waals surface area contributed by atoms with Crippen molar-refractivity contribution < 1.29 is 19.3 Å². The molecule has 2 fully saturated rings. The first kappa shape index (κ1) is 20.5. The topological polar surface area (TPSA) is 51.2 Å². The van der Waals surface area contributed by atoms with Crippen LogP contribution in [0.2, 0.25) is 0 Å². The van der Waals surface area contributed by atoms with Crippen molar-refractivity contribution in [2.45, 2.75) is 95.4 Å². The average molecular weight is 377 g/mol. The van der Waals surface area contributed by atoms with E-state index in [-0.39, 0.29) is 23.2 Å². The highest BCUT2D eigenvalue weighted by molar-refractivity contribution is 5.55. The summed E-state index contributed by atoms with van der Waals surface area (Å²) >= 11 is 0. The summed E-state index contributed by atoms with van der Waals surface area (Å²) in [6.07, 6.45) is 8.29. The Labute approximate surface area is 164 Å². The van der Waals surface area contributed by atoms with Gasteiger partial charge in [0.25, 0.3) is 0 Å². The van der Waals surface area contributed by atoms with Gasteiger partial charge in [0.15, 0.2) is 0 Å². The molecule has 2 aliphatic rings. The number of rotatable bonds is 9. The highest BCUT2D eigenvalue weighted by Gasteiger charge is 2.62. The van der Waals surface area contributed by atoms with Crippen LogP contribution >= 0.6 is 0 Å². The first-order valence-electron chi connectivity index (χ1n) is 10.5. The monoisotopic (exact) mass is 376 g/mol. The molecule has 1 heterocycles. The van der Waals surface area contributed by atoms with Gasteiger partial charge in [-0.1, -0.05) is 46.5 Å². The number of aliphatic hydroxyl groups excluding tert-OH is 1. The molecule has 3 atom stereocenters. The highest BCUT2D eigenvalue weighted by atomic mass is 16.6. The number of ether oxygens (including phenoxy) is 3. The summed E-state index contributed by atoms with van der Waals surface area (Å²) in [4.78, 5) is 0. The van der Waals surface area contributed by atoms with Gasteiger partial charge >= 0.3 is 0 Å². The molecule has 4 nitrogen and oxygen atoms in total. The zero-order valence-electron chi connectivity index (χ0n) is 17.6. The van der Waals surface area contributed by atoms with Crippen LogP contribution in [0.25, 0.3) is 0 Å². The molecule has 1 aromatic rings. The Morgan fingerprint density at radius 2 is 1.81 bits per heavy atom. The first-order chi connectivity index (χ1) is 12.9. The predicted molar refractivity (Wildman–Crippen MR) is 108 cm³/mol. The number of unbranched alkanes of at least 4 members (excludes halogenated alkanes) is 3. The van der Waals surface area contributed by atoms with Crippen LogP contribution in [0.5, 0.6) is 11.5 Å². The summed E-state index contributed by atoms with van der Waals surface area (Å²) < 4.78 is 17.7. The van der Waals surface area contributed by atoms with E-state index in [1.165, 1.54) is 31.2 Å². The number of hydrogen-bond acceptors (Lipinski definition) is 4. The first-order valence-corrected chi connectivity index (χ1v) is 10.5. The van der Waals surface area contributed by atoms with Gasteiger partial charge < -0.3 is 19.3 Å². The van der Waals surface area contributed by atoms with Gasteiger partial charge in [0.05, 0.1) is 32.0 Å². The highest BCUT2D eigenvalue weighted by Crippen LogP contribution is 2.60. The molecule has 1 aliphatic carbocycles. The lowest BCUT2D eigenvalue weighted by atomic mass is 9.77. The molecule has 0 aromatic heterocycles. The van der Waals surface area contributed by atoms with Crippen molar-refractivity contribution in [2.24, 2.45) is 0 Å². The Kier molecular flexibility index (Phi) is 6.07. The van der Waals surface area contributed by atoms with E-state index in [1.54, 1.807) is 14.2 Å². The van der Waals surface area contributed by atoms with Crippen LogP contribution in [0.4, 0.5) is 0 Å². The Hall–Kier alpha value is -1.26. The van der Waals surface area contributed by atoms with Crippen LogP contribution in [-0.2, 0) is 15.8 Å². The minimum Gasteiger partial charge on any atom is -0.496 e. The zero-order chi connectivity index (χ0) is 19.7. The lowest BCUT2D eigenvalue weighted by Crippen LogP contribution is -2.27. The predicted octanol–water partition coefficient (Wildman–Crippen LogP) is 5.09. The van der Waals surface area contributed by atoms with E-state index in [2.05, 4.69) is 32.9 Å². The van der Waals surface area contributed by atoms with E-state index < -0.39 is 0 Å². The van der Waals surface area contributed by atoms with Crippen molar-refractivity contribution >= 4 is 0 Å². The summed E-state index contributed by atoms with van der Waals surface area (Å²) in [5.74, 6) is 1.70. The van der Waals surface area contributed by atoms with Crippen molar-refractivity contribution in [3.63, 3.8) is 0 Å². The fourth-order valence-corrected chi connectivity index (χ4v) is 4.63. The second-order valence-corrected chi connectivity index (χ2v) is 8.87. The number of methoxy groups -OCH3 is 2. The molecule has 3 rings (SSSR count). The van der Waals surface area contributed by atoms with E-state index in [0.717, 1.165) is 36.3 Å². The molecule has 152 valence electrons. The Morgan fingerprint density at radius 1 is 1.15 bits per heavy atom. The fraction of sp³-hybridized carbons (Fsp3) is 0.739. The van der Waals surface area contributed by atoms with Crippen molar-refractivity contribution in [3.8, 4) is 11.5 Å². The van der Waals surface area contributed by atoms with Crippen LogP contribution in [-0.4, -0.2) is 31.5 Å². The SMILES string of the molecule is CCCCCCC(C)(C)c1cc(OC)c(C23CCC(O)CC2O3)c(OC)c1. The summed E-state index contributed by atoms with van der Waals surface area (Å²) in [6, 6.07) is 4.35. The van der Waals surface area contributed by atoms with Crippen LogP contribution in [0.1, 0.15) is 83.3 Å². The van der Waals surface area contributed by atoms with E-state index in [4.69, 9.17) is 14.2 Å². The lowest BCUT2D eigenvalue weighted by Gasteiger charge is -2.29. The Morgan fingerprint density at radius 3 is 2.37 bits per heavy atom. The molecule has 1 saturated heterocycles. The molecule has 0 amide bonds. The maximum absolute atomic E-state index is 9.95. The molecule has 1 aliphatic heterocycles. The average Bonchev–Trinajstić information content (AvgIpc) is 3.38. The second kappa shape index (κ2) is 8.00. The molecule has 1 aromatic carbocycles. The molecular weight excluding hydrogens is 340 g/mol. The van der Waals surface area contributed by atoms with Gasteiger partial charge in [0.2, 0.25) is 0 Å². The van der Waals surface area contributed by atoms with Gasteiger partial charge in [0.1, 0.15) is 17.1 Å². The molecule has 3 unspecified atom stereocenters. The third kappa shape index (κ3) is 3.97. The molecule has 0 radical (unpaired) electrons. The fourth-order valence-electron chi connectivity index (χ4n) is 4.63. The maximum Gasteiger partial charge on any atom is 0.129 e. The molecule has 0 bridgehead atoms. The van der Waals surface area contributed by atoms with Gasteiger partial charge in [-0.2, -0.15) is 0 Å². The van der Waals surface area contributed by atoms with Gasteiger partial charge in [-0.05, 0) is 42.4 Å². The summed E-state index contributed by atoms with van der Waals surface area (Å²) in [5, 5.41) is 9.95. The summed E-state index contributed by atoms with van der Waals surface area (Å²) in [7, 11) is 3.45. The Bertz CT molecular complexity index is 629. The number of fused-ring (bicyclic) bond motifs is 1. The molecule has 1 N–H and O–H groups in total. The van der Waals surface area contributed by atoms with Crippen molar-refractivity contribution in [1.82, 2.24) is 0 Å². The minimum absolute atomic E-state index is 0.0665. The minimum atomic E-state index is -0.348. The number of epoxide rings is 1. The zero-order valence-corrected chi connectivity index (χ0v) is 17.6. The molecule has 4 heteroatoms. The van der Waals surface area contributed by atoms with Gasteiger partial charge in [-0.25, -0.2) is 0 Å². The van der Waals surface area contributed by atoms with E-state index in [9.17, 15) is 5.11 Å². The third-order valence-electron chi connectivity index (χ3n) is 6.52. The normalized spacial score (nSPS) is 27.2. The molecule has 27 heavy (non-hydrogen) atoms. The van der Waals surface area contributed by atoms with Crippen molar-refractivity contribution in [2.75, 3.05) is 14.2 Å². The maximum atomic E-state index is 9.95. The van der Waals surface area contributed by atoms with E-state index in [0.29, 0.717) is 6.42 Å². The van der Waals surface area contributed by atoms with Crippen LogP contribution in [0.15, 0.2) is 12.1 Å². The Balaban J connectivity index is 1.89.